The van der Waals surface area contributed by atoms with Crippen molar-refractivity contribution in [2.24, 2.45) is 7.05 Å². The van der Waals surface area contributed by atoms with Gasteiger partial charge in [-0.2, -0.15) is 0 Å². The summed E-state index contributed by atoms with van der Waals surface area (Å²) in [5, 5.41) is 17.3. The standard InChI is InChI=1S/C10H17N3O2S/c1-3-4-5-6-8-11-12-10(13(8)2)16-7-9(14)15/h3-7H2,1-2H3,(H,14,15). The fourth-order valence-electron chi connectivity index (χ4n) is 1.35. The van der Waals surface area contributed by atoms with Crippen molar-refractivity contribution in [1.29, 1.82) is 0 Å². The number of carboxylic acids is 1. The Morgan fingerprint density at radius 1 is 1.44 bits per heavy atom. The van der Waals surface area contributed by atoms with Crippen LogP contribution in [0.4, 0.5) is 0 Å². The molecule has 0 aliphatic rings. The van der Waals surface area contributed by atoms with Gasteiger partial charge in [-0.3, -0.25) is 4.79 Å². The zero-order valence-electron chi connectivity index (χ0n) is 9.64. The average Bonchev–Trinajstić information content (AvgIpc) is 2.58. The number of aryl methyl sites for hydroxylation is 1. The summed E-state index contributed by atoms with van der Waals surface area (Å²) in [6.07, 6.45) is 4.37. The summed E-state index contributed by atoms with van der Waals surface area (Å²) in [5.74, 6) is 0.128. The van der Waals surface area contributed by atoms with Crippen molar-refractivity contribution >= 4 is 17.7 Å². The third-order valence-corrected chi connectivity index (χ3v) is 3.26. The lowest BCUT2D eigenvalue weighted by molar-refractivity contribution is -0.133. The Bertz CT molecular complexity index is 352. The van der Waals surface area contributed by atoms with Crippen LogP contribution < -0.4 is 0 Å². The zero-order valence-corrected chi connectivity index (χ0v) is 10.5. The Morgan fingerprint density at radius 3 is 2.81 bits per heavy atom. The first-order chi connectivity index (χ1) is 7.65. The summed E-state index contributed by atoms with van der Waals surface area (Å²) in [6, 6.07) is 0. The lowest BCUT2D eigenvalue weighted by Crippen LogP contribution is -2.02. The summed E-state index contributed by atoms with van der Waals surface area (Å²) in [4.78, 5) is 10.4. The molecule has 90 valence electrons. The minimum atomic E-state index is -0.833. The van der Waals surface area contributed by atoms with Crippen LogP contribution in [0.25, 0.3) is 0 Å². The number of aromatic nitrogens is 3. The molecule has 0 aliphatic heterocycles. The molecule has 0 atom stereocenters. The highest BCUT2D eigenvalue weighted by Crippen LogP contribution is 2.16. The molecule has 0 aromatic carbocycles. The van der Waals surface area contributed by atoms with Gasteiger partial charge in [0.1, 0.15) is 5.82 Å². The molecule has 0 fully saturated rings. The van der Waals surface area contributed by atoms with Gasteiger partial charge in [0.25, 0.3) is 0 Å². The van der Waals surface area contributed by atoms with Gasteiger partial charge in [-0.15, -0.1) is 10.2 Å². The Kier molecular flexibility index (Phi) is 5.31. The molecule has 1 N–H and O–H groups in total. The van der Waals surface area contributed by atoms with Crippen molar-refractivity contribution in [3.63, 3.8) is 0 Å². The fraction of sp³-hybridized carbons (Fsp3) is 0.700. The van der Waals surface area contributed by atoms with Gasteiger partial charge in [-0.25, -0.2) is 0 Å². The molecular weight excluding hydrogens is 226 g/mol. The van der Waals surface area contributed by atoms with Crippen LogP contribution in [0.2, 0.25) is 0 Å². The van der Waals surface area contributed by atoms with Crippen LogP contribution in [-0.4, -0.2) is 31.6 Å². The largest absolute Gasteiger partial charge is 0.481 e. The zero-order chi connectivity index (χ0) is 12.0. The van der Waals surface area contributed by atoms with E-state index in [1.165, 1.54) is 24.6 Å². The van der Waals surface area contributed by atoms with Crippen molar-refractivity contribution in [3.8, 4) is 0 Å². The second-order valence-electron chi connectivity index (χ2n) is 3.60. The third-order valence-electron chi connectivity index (χ3n) is 2.25. The van der Waals surface area contributed by atoms with Gasteiger partial charge in [-0.05, 0) is 6.42 Å². The number of unbranched alkanes of at least 4 members (excludes halogenated alkanes) is 2. The maximum Gasteiger partial charge on any atom is 0.313 e. The van der Waals surface area contributed by atoms with Crippen molar-refractivity contribution in [2.75, 3.05) is 5.75 Å². The summed E-state index contributed by atoms with van der Waals surface area (Å²) < 4.78 is 1.88. The molecule has 0 saturated heterocycles. The summed E-state index contributed by atoms with van der Waals surface area (Å²) in [7, 11) is 1.88. The van der Waals surface area contributed by atoms with Gasteiger partial charge in [0, 0.05) is 13.5 Å². The highest BCUT2D eigenvalue weighted by molar-refractivity contribution is 7.99. The fourth-order valence-corrected chi connectivity index (χ4v) is 2.00. The van der Waals surface area contributed by atoms with E-state index in [2.05, 4.69) is 17.1 Å². The SMILES string of the molecule is CCCCCc1nnc(SCC(=O)O)n1C. The Hall–Kier alpha value is -1.04. The highest BCUT2D eigenvalue weighted by Gasteiger charge is 2.10. The van der Waals surface area contributed by atoms with Crippen molar-refractivity contribution in [3.05, 3.63) is 5.82 Å². The van der Waals surface area contributed by atoms with Gasteiger partial charge < -0.3 is 9.67 Å². The van der Waals surface area contributed by atoms with Crippen LogP contribution in [0.15, 0.2) is 5.16 Å². The van der Waals surface area contributed by atoms with Gasteiger partial charge in [0.05, 0.1) is 5.75 Å². The van der Waals surface area contributed by atoms with Crippen LogP contribution in [0.5, 0.6) is 0 Å². The second-order valence-corrected chi connectivity index (χ2v) is 4.54. The first kappa shape index (κ1) is 13.0. The maximum absolute atomic E-state index is 10.4. The number of thioether (sulfide) groups is 1. The van der Waals surface area contributed by atoms with Crippen LogP contribution in [0.3, 0.4) is 0 Å². The summed E-state index contributed by atoms with van der Waals surface area (Å²) in [6.45, 7) is 2.16. The number of carboxylic acid groups (broad SMARTS) is 1. The molecule has 0 bridgehead atoms. The predicted octanol–water partition coefficient (Wildman–Crippen LogP) is 1.72. The molecule has 1 aromatic heterocycles. The van der Waals surface area contributed by atoms with Gasteiger partial charge in [0.15, 0.2) is 5.16 Å². The lowest BCUT2D eigenvalue weighted by atomic mass is 10.2. The van der Waals surface area contributed by atoms with Gasteiger partial charge in [0.2, 0.25) is 0 Å². The van der Waals surface area contributed by atoms with Crippen LogP contribution in [0.1, 0.15) is 32.0 Å². The molecule has 0 aliphatic carbocycles. The molecule has 1 heterocycles. The predicted molar refractivity (Wildman–Crippen MR) is 62.6 cm³/mol. The van der Waals surface area contributed by atoms with E-state index >= 15 is 0 Å². The smallest absolute Gasteiger partial charge is 0.313 e. The quantitative estimate of drug-likeness (QED) is 0.583. The number of nitrogens with zero attached hydrogens (tertiary/aromatic N) is 3. The molecule has 5 nitrogen and oxygen atoms in total. The molecule has 16 heavy (non-hydrogen) atoms. The summed E-state index contributed by atoms with van der Waals surface area (Å²) in [5.41, 5.74) is 0. The molecule has 6 heteroatoms. The maximum atomic E-state index is 10.4. The minimum Gasteiger partial charge on any atom is -0.481 e. The minimum absolute atomic E-state index is 0.0287. The molecule has 1 aromatic rings. The number of rotatable bonds is 7. The number of hydrogen-bond donors (Lipinski definition) is 1. The van der Waals surface area contributed by atoms with Crippen molar-refractivity contribution in [2.45, 2.75) is 37.8 Å². The molecule has 0 unspecified atom stereocenters. The van der Waals surface area contributed by atoms with E-state index in [1.54, 1.807) is 0 Å². The topological polar surface area (TPSA) is 68.0 Å². The second kappa shape index (κ2) is 6.52. The molecule has 0 radical (unpaired) electrons. The van der Waals surface area contributed by atoms with E-state index in [9.17, 15) is 4.79 Å². The van der Waals surface area contributed by atoms with Gasteiger partial charge in [-0.1, -0.05) is 31.5 Å². The van der Waals surface area contributed by atoms with E-state index < -0.39 is 5.97 Å². The van der Waals surface area contributed by atoms with Crippen LogP contribution >= 0.6 is 11.8 Å². The summed E-state index contributed by atoms with van der Waals surface area (Å²) >= 11 is 1.20. The third kappa shape index (κ3) is 3.84. The van der Waals surface area contributed by atoms with E-state index in [0.717, 1.165) is 18.7 Å². The average molecular weight is 243 g/mol. The number of aliphatic carboxylic acids is 1. The first-order valence-electron chi connectivity index (χ1n) is 5.38. The van der Waals surface area contributed by atoms with E-state index in [1.807, 2.05) is 11.6 Å². The van der Waals surface area contributed by atoms with Crippen molar-refractivity contribution in [1.82, 2.24) is 14.8 Å². The number of hydrogen-bond acceptors (Lipinski definition) is 4. The monoisotopic (exact) mass is 243 g/mol. The molecule has 0 spiro atoms. The van der Waals surface area contributed by atoms with Crippen molar-refractivity contribution < 1.29 is 9.90 Å². The van der Waals surface area contributed by atoms with Crippen LogP contribution in [-0.2, 0) is 18.3 Å². The highest BCUT2D eigenvalue weighted by atomic mass is 32.2. The Balaban J connectivity index is 2.51. The number of carbonyl (C=O) groups is 1. The Morgan fingerprint density at radius 2 is 2.19 bits per heavy atom. The molecular formula is C10H17N3O2S. The van der Waals surface area contributed by atoms with E-state index in [4.69, 9.17) is 5.11 Å². The molecule has 0 saturated carbocycles. The molecule has 1 rings (SSSR count). The normalized spacial score (nSPS) is 10.6. The molecule has 0 amide bonds. The van der Waals surface area contributed by atoms with E-state index in [0.29, 0.717) is 5.16 Å². The lowest BCUT2D eigenvalue weighted by Gasteiger charge is -2.02. The Labute approximate surface area is 99.3 Å². The van der Waals surface area contributed by atoms with Gasteiger partial charge >= 0.3 is 5.97 Å². The van der Waals surface area contributed by atoms with Crippen LogP contribution in [0, 0.1) is 0 Å². The first-order valence-corrected chi connectivity index (χ1v) is 6.36. The van der Waals surface area contributed by atoms with E-state index in [-0.39, 0.29) is 5.75 Å².